The van der Waals surface area contributed by atoms with Gasteiger partial charge >= 0.3 is 0 Å². The molecule has 0 spiro atoms. The number of aromatic hydroxyl groups is 1. The summed E-state index contributed by atoms with van der Waals surface area (Å²) in [6.07, 6.45) is 0.935. The van der Waals surface area contributed by atoms with Crippen LogP contribution in [-0.2, 0) is 19.5 Å². The largest absolute Gasteiger partial charge is 0.505 e. The van der Waals surface area contributed by atoms with E-state index in [0.29, 0.717) is 13.1 Å². The summed E-state index contributed by atoms with van der Waals surface area (Å²) in [6, 6.07) is 8.53. The fourth-order valence-electron chi connectivity index (χ4n) is 2.48. The second-order valence-corrected chi connectivity index (χ2v) is 5.96. The number of ether oxygens (including phenoxy) is 1. The number of phenols is 1. The van der Waals surface area contributed by atoms with Gasteiger partial charge in [0, 0.05) is 29.5 Å². The molecule has 0 fully saturated rings. The third-order valence-electron chi connectivity index (χ3n) is 3.48. The molecule has 1 aliphatic heterocycles. The van der Waals surface area contributed by atoms with E-state index < -0.39 is 5.82 Å². The zero-order valence-electron chi connectivity index (χ0n) is 11.3. The van der Waals surface area contributed by atoms with E-state index in [9.17, 15) is 4.39 Å². The van der Waals surface area contributed by atoms with Crippen LogP contribution in [0, 0.1) is 5.82 Å². The van der Waals surface area contributed by atoms with Gasteiger partial charge in [-0.25, -0.2) is 4.39 Å². The molecule has 0 radical (unpaired) electrons. The molecule has 21 heavy (non-hydrogen) atoms. The first-order valence-electron chi connectivity index (χ1n) is 6.75. The lowest BCUT2D eigenvalue weighted by molar-refractivity contribution is 0.352. The van der Waals surface area contributed by atoms with Crippen LogP contribution in [0.3, 0.4) is 0 Å². The monoisotopic (exact) mass is 351 g/mol. The highest BCUT2D eigenvalue weighted by Crippen LogP contribution is 2.32. The Morgan fingerprint density at radius 3 is 2.90 bits per heavy atom. The molecule has 0 aliphatic carbocycles. The maximum atomic E-state index is 13.3. The molecular formula is C16H15BrFNO2. The molecule has 2 aromatic carbocycles. The Morgan fingerprint density at radius 2 is 2.10 bits per heavy atom. The topological polar surface area (TPSA) is 41.5 Å². The normalized spacial score (nSPS) is 13.0. The molecule has 1 aliphatic rings. The molecule has 3 rings (SSSR count). The smallest absolute Gasteiger partial charge is 0.165 e. The first kappa shape index (κ1) is 14.4. The molecule has 3 nitrogen and oxygen atoms in total. The van der Waals surface area contributed by atoms with E-state index in [1.807, 2.05) is 6.07 Å². The Hall–Kier alpha value is -1.59. The van der Waals surface area contributed by atoms with Gasteiger partial charge in [0.1, 0.15) is 5.75 Å². The van der Waals surface area contributed by atoms with Crippen molar-refractivity contribution in [1.82, 2.24) is 5.32 Å². The van der Waals surface area contributed by atoms with E-state index in [0.717, 1.165) is 34.4 Å². The average molecular weight is 352 g/mol. The van der Waals surface area contributed by atoms with Gasteiger partial charge in [0.2, 0.25) is 0 Å². The second kappa shape index (κ2) is 6.03. The van der Waals surface area contributed by atoms with Crippen LogP contribution < -0.4 is 10.1 Å². The van der Waals surface area contributed by atoms with Crippen molar-refractivity contribution in [3.05, 3.63) is 57.3 Å². The fourth-order valence-corrected chi connectivity index (χ4v) is 3.03. The summed E-state index contributed by atoms with van der Waals surface area (Å²) in [7, 11) is 0. The number of hydrogen-bond acceptors (Lipinski definition) is 3. The average Bonchev–Trinajstić information content (AvgIpc) is 2.91. The molecule has 0 aromatic heterocycles. The van der Waals surface area contributed by atoms with E-state index in [2.05, 4.69) is 27.3 Å². The van der Waals surface area contributed by atoms with Crippen LogP contribution in [0.15, 0.2) is 34.8 Å². The number of benzene rings is 2. The van der Waals surface area contributed by atoms with Gasteiger partial charge in [-0.3, -0.25) is 0 Å². The van der Waals surface area contributed by atoms with Gasteiger partial charge in [-0.1, -0.05) is 22.0 Å². The van der Waals surface area contributed by atoms with E-state index in [-0.39, 0.29) is 5.75 Å². The number of rotatable bonds is 4. The van der Waals surface area contributed by atoms with Crippen LogP contribution in [0.25, 0.3) is 0 Å². The summed E-state index contributed by atoms with van der Waals surface area (Å²) in [6.45, 7) is 1.89. The Bertz CT molecular complexity index is 676. The molecule has 0 atom stereocenters. The quantitative estimate of drug-likeness (QED) is 0.885. The molecule has 0 saturated heterocycles. The number of halogens is 2. The van der Waals surface area contributed by atoms with Crippen molar-refractivity contribution in [3.8, 4) is 11.5 Å². The van der Waals surface area contributed by atoms with Gasteiger partial charge in [-0.15, -0.1) is 0 Å². The first-order chi connectivity index (χ1) is 10.1. The van der Waals surface area contributed by atoms with Crippen molar-refractivity contribution in [1.29, 1.82) is 0 Å². The fraction of sp³-hybridized carbons (Fsp3) is 0.250. The predicted molar refractivity (Wildman–Crippen MR) is 81.9 cm³/mol. The Balaban J connectivity index is 1.67. The van der Waals surface area contributed by atoms with Crippen molar-refractivity contribution in [2.45, 2.75) is 19.5 Å². The van der Waals surface area contributed by atoms with Gasteiger partial charge in [-0.05, 0) is 35.4 Å². The Morgan fingerprint density at radius 1 is 1.24 bits per heavy atom. The molecule has 110 valence electrons. The minimum Gasteiger partial charge on any atom is -0.505 e. The van der Waals surface area contributed by atoms with Crippen LogP contribution in [0.4, 0.5) is 4.39 Å². The SMILES string of the molecule is Oc1ccc(CNCc2cc(Br)cc3c2OCC3)cc1F. The summed E-state index contributed by atoms with van der Waals surface area (Å²) >= 11 is 3.51. The lowest BCUT2D eigenvalue weighted by Gasteiger charge is -2.10. The third kappa shape index (κ3) is 3.19. The number of nitrogens with one attached hydrogen (secondary N) is 1. The third-order valence-corrected chi connectivity index (χ3v) is 3.94. The summed E-state index contributed by atoms with van der Waals surface area (Å²) in [5.41, 5.74) is 3.10. The van der Waals surface area contributed by atoms with Gasteiger partial charge in [0.25, 0.3) is 0 Å². The zero-order chi connectivity index (χ0) is 14.8. The Labute approximate surface area is 130 Å². The molecule has 0 bridgehead atoms. The molecule has 5 heteroatoms. The van der Waals surface area contributed by atoms with Gasteiger partial charge in [0.05, 0.1) is 6.61 Å². The highest BCUT2D eigenvalue weighted by atomic mass is 79.9. The lowest BCUT2D eigenvalue weighted by Crippen LogP contribution is -2.13. The van der Waals surface area contributed by atoms with E-state index >= 15 is 0 Å². The van der Waals surface area contributed by atoms with Gasteiger partial charge < -0.3 is 15.2 Å². The van der Waals surface area contributed by atoms with Gasteiger partial charge in [0.15, 0.2) is 11.6 Å². The lowest BCUT2D eigenvalue weighted by atomic mass is 10.1. The van der Waals surface area contributed by atoms with E-state index in [1.165, 1.54) is 17.7 Å². The standard InChI is InChI=1S/C16H15BrFNO2/c17-13-6-11-3-4-21-16(11)12(7-13)9-19-8-10-1-2-15(20)14(18)5-10/h1-2,5-7,19-20H,3-4,8-9H2. The van der Waals surface area contributed by atoms with E-state index in [1.54, 1.807) is 6.07 Å². The molecule has 0 saturated carbocycles. The minimum atomic E-state index is -0.596. The van der Waals surface area contributed by atoms with E-state index in [4.69, 9.17) is 9.84 Å². The second-order valence-electron chi connectivity index (χ2n) is 5.04. The van der Waals surface area contributed by atoms with Crippen molar-refractivity contribution in [3.63, 3.8) is 0 Å². The maximum absolute atomic E-state index is 13.3. The molecule has 0 unspecified atom stereocenters. The molecule has 0 amide bonds. The molecule has 1 heterocycles. The van der Waals surface area contributed by atoms with Crippen LogP contribution in [0.2, 0.25) is 0 Å². The summed E-state index contributed by atoms with van der Waals surface area (Å²) in [4.78, 5) is 0. The zero-order valence-corrected chi connectivity index (χ0v) is 12.9. The van der Waals surface area contributed by atoms with Crippen LogP contribution in [-0.4, -0.2) is 11.7 Å². The molecule has 2 aromatic rings. The van der Waals surface area contributed by atoms with Crippen molar-refractivity contribution < 1.29 is 14.2 Å². The number of fused-ring (bicyclic) bond motifs is 1. The highest BCUT2D eigenvalue weighted by Gasteiger charge is 2.17. The number of hydrogen-bond donors (Lipinski definition) is 2. The van der Waals surface area contributed by atoms with Crippen molar-refractivity contribution in [2.24, 2.45) is 0 Å². The summed E-state index contributed by atoms with van der Waals surface area (Å²) < 4.78 is 20.0. The summed E-state index contributed by atoms with van der Waals surface area (Å²) in [5, 5.41) is 12.4. The van der Waals surface area contributed by atoms with Crippen LogP contribution in [0.1, 0.15) is 16.7 Å². The summed E-state index contributed by atoms with van der Waals surface area (Å²) in [5.74, 6) is 0.0422. The first-order valence-corrected chi connectivity index (χ1v) is 7.55. The number of phenolic OH excluding ortho intramolecular Hbond substituents is 1. The molecular weight excluding hydrogens is 337 g/mol. The van der Waals surface area contributed by atoms with Gasteiger partial charge in [-0.2, -0.15) is 0 Å². The minimum absolute atomic E-state index is 0.322. The Kier molecular flexibility index (Phi) is 4.12. The van der Waals surface area contributed by atoms with Crippen molar-refractivity contribution >= 4 is 15.9 Å². The van der Waals surface area contributed by atoms with Crippen molar-refractivity contribution in [2.75, 3.05) is 6.61 Å². The molecule has 2 N–H and O–H groups in total. The highest BCUT2D eigenvalue weighted by molar-refractivity contribution is 9.10. The maximum Gasteiger partial charge on any atom is 0.165 e. The van der Waals surface area contributed by atoms with Crippen LogP contribution >= 0.6 is 15.9 Å². The predicted octanol–water partition coefficient (Wildman–Crippen LogP) is 3.52. The van der Waals surface area contributed by atoms with Crippen LogP contribution in [0.5, 0.6) is 11.5 Å².